The minimum Gasteiger partial charge on any atom is -0.350 e. The summed E-state index contributed by atoms with van der Waals surface area (Å²) >= 11 is 0. The van der Waals surface area contributed by atoms with Crippen molar-refractivity contribution in [2.24, 2.45) is 0 Å². The van der Waals surface area contributed by atoms with E-state index < -0.39 is 0 Å². The average Bonchev–Trinajstić information content (AvgIpc) is 3.19. The third-order valence-electron chi connectivity index (χ3n) is 5.24. The van der Waals surface area contributed by atoms with Crippen LogP contribution in [-0.2, 0) is 13.0 Å². The van der Waals surface area contributed by atoms with E-state index >= 15 is 0 Å². The number of carbonyl (C=O) groups excluding carboxylic acids is 1. The van der Waals surface area contributed by atoms with Gasteiger partial charge in [-0.05, 0) is 24.6 Å². The Bertz CT molecular complexity index is 935. The lowest BCUT2D eigenvalue weighted by molar-refractivity contribution is 0.0693. The van der Waals surface area contributed by atoms with Gasteiger partial charge < -0.3 is 9.42 Å². The van der Waals surface area contributed by atoms with Crippen molar-refractivity contribution < 1.29 is 9.32 Å². The minimum absolute atomic E-state index is 0.142. The van der Waals surface area contributed by atoms with Gasteiger partial charge in [-0.1, -0.05) is 59.8 Å². The van der Waals surface area contributed by atoms with Crippen LogP contribution >= 0.6 is 0 Å². The zero-order chi connectivity index (χ0) is 18.8. The van der Waals surface area contributed by atoms with Gasteiger partial charge >= 0.3 is 0 Å². The molecule has 0 N–H and O–H groups in total. The molecule has 1 amide bonds. The fourth-order valence-corrected chi connectivity index (χ4v) is 3.63. The summed E-state index contributed by atoms with van der Waals surface area (Å²) in [7, 11) is 3.93. The van der Waals surface area contributed by atoms with E-state index in [0.717, 1.165) is 18.5 Å². The molecule has 5 nitrogen and oxygen atoms in total. The van der Waals surface area contributed by atoms with Gasteiger partial charge in [0.25, 0.3) is 5.91 Å². The van der Waals surface area contributed by atoms with Gasteiger partial charge in [0.1, 0.15) is 5.69 Å². The maximum absolute atomic E-state index is 12.8. The van der Waals surface area contributed by atoms with Gasteiger partial charge in [0.2, 0.25) is 5.76 Å². The molecule has 0 bridgehead atoms. The number of likely N-dealkylation sites (N-methyl/N-ethyl adjacent to an activating group) is 2. The summed E-state index contributed by atoms with van der Waals surface area (Å²) in [5.41, 5.74) is 4.35. The largest absolute Gasteiger partial charge is 0.350 e. The third kappa shape index (κ3) is 3.64. The Morgan fingerprint density at radius 2 is 1.85 bits per heavy atom. The molecule has 27 heavy (non-hydrogen) atoms. The van der Waals surface area contributed by atoms with E-state index in [9.17, 15) is 4.79 Å². The molecule has 5 heteroatoms. The highest BCUT2D eigenvalue weighted by atomic mass is 16.5. The molecule has 1 aliphatic heterocycles. The van der Waals surface area contributed by atoms with Gasteiger partial charge in [-0.3, -0.25) is 9.69 Å². The van der Waals surface area contributed by atoms with Crippen molar-refractivity contribution in [2.75, 3.05) is 20.6 Å². The van der Waals surface area contributed by atoms with Gasteiger partial charge in [0, 0.05) is 37.8 Å². The smallest absolute Gasteiger partial charge is 0.292 e. The molecule has 0 radical (unpaired) electrons. The van der Waals surface area contributed by atoms with Crippen LogP contribution in [0.2, 0.25) is 0 Å². The van der Waals surface area contributed by atoms with Gasteiger partial charge in [0.15, 0.2) is 0 Å². The lowest BCUT2D eigenvalue weighted by Crippen LogP contribution is -2.46. The van der Waals surface area contributed by atoms with E-state index in [2.05, 4.69) is 41.4 Å². The van der Waals surface area contributed by atoms with E-state index in [1.165, 1.54) is 11.1 Å². The number of aromatic nitrogens is 1. The van der Waals surface area contributed by atoms with Crippen LogP contribution in [0.3, 0.4) is 0 Å². The molecule has 1 aromatic heterocycles. The summed E-state index contributed by atoms with van der Waals surface area (Å²) in [4.78, 5) is 16.8. The van der Waals surface area contributed by atoms with Crippen molar-refractivity contribution in [3.63, 3.8) is 0 Å². The normalized spacial score (nSPS) is 16.7. The Balaban J connectivity index is 1.45. The lowest BCUT2D eigenvalue weighted by Gasteiger charge is -2.36. The molecular formula is C22H23N3O2. The van der Waals surface area contributed by atoms with Crippen LogP contribution in [0.1, 0.15) is 21.7 Å². The molecule has 0 aliphatic carbocycles. The molecule has 2 heterocycles. The van der Waals surface area contributed by atoms with Crippen molar-refractivity contribution in [1.29, 1.82) is 0 Å². The van der Waals surface area contributed by atoms with Crippen LogP contribution in [0.4, 0.5) is 0 Å². The fourth-order valence-electron chi connectivity index (χ4n) is 3.63. The SMILES string of the molecule is CN(CC1Cc2ccccc2CN1C)C(=O)c1cc(-c2ccccc2)no1. The quantitative estimate of drug-likeness (QED) is 0.714. The second-order valence-corrected chi connectivity index (χ2v) is 7.17. The molecule has 2 aromatic carbocycles. The molecular weight excluding hydrogens is 338 g/mol. The number of rotatable bonds is 4. The number of hydrogen-bond donors (Lipinski definition) is 0. The summed E-state index contributed by atoms with van der Waals surface area (Å²) in [6.07, 6.45) is 0.940. The van der Waals surface area contributed by atoms with Crippen molar-refractivity contribution in [2.45, 2.75) is 19.0 Å². The zero-order valence-corrected chi connectivity index (χ0v) is 15.6. The van der Waals surface area contributed by atoms with Crippen LogP contribution in [-0.4, -0.2) is 47.5 Å². The Morgan fingerprint density at radius 3 is 2.63 bits per heavy atom. The first-order valence-corrected chi connectivity index (χ1v) is 9.16. The second-order valence-electron chi connectivity index (χ2n) is 7.17. The maximum Gasteiger partial charge on any atom is 0.292 e. The Kier molecular flexibility index (Phi) is 4.77. The van der Waals surface area contributed by atoms with Crippen molar-refractivity contribution >= 4 is 5.91 Å². The molecule has 0 saturated heterocycles. The highest BCUT2D eigenvalue weighted by molar-refractivity contribution is 5.92. The predicted octanol–water partition coefficient (Wildman–Crippen LogP) is 3.47. The number of amides is 1. The average molecular weight is 361 g/mol. The minimum atomic E-state index is -0.142. The maximum atomic E-state index is 12.8. The number of fused-ring (bicyclic) bond motifs is 1. The third-order valence-corrected chi connectivity index (χ3v) is 5.24. The number of carbonyl (C=O) groups is 1. The van der Waals surface area contributed by atoms with Gasteiger partial charge in [-0.15, -0.1) is 0 Å². The summed E-state index contributed by atoms with van der Waals surface area (Å²) in [6, 6.07) is 20.2. The molecule has 0 spiro atoms. The Labute approximate surface area is 159 Å². The van der Waals surface area contributed by atoms with Crippen LogP contribution in [0, 0.1) is 0 Å². The molecule has 0 fully saturated rings. The Morgan fingerprint density at radius 1 is 1.15 bits per heavy atom. The highest BCUT2D eigenvalue weighted by Gasteiger charge is 2.27. The molecule has 3 aromatic rings. The molecule has 1 unspecified atom stereocenters. The van der Waals surface area contributed by atoms with E-state index in [1.54, 1.807) is 11.0 Å². The van der Waals surface area contributed by atoms with Crippen molar-refractivity contribution in [3.05, 3.63) is 77.6 Å². The lowest BCUT2D eigenvalue weighted by atomic mass is 9.94. The predicted molar refractivity (Wildman–Crippen MR) is 104 cm³/mol. The molecule has 138 valence electrons. The summed E-state index contributed by atoms with van der Waals surface area (Å²) in [5, 5.41) is 4.05. The first-order chi connectivity index (χ1) is 13.1. The van der Waals surface area contributed by atoms with Crippen molar-refractivity contribution in [1.82, 2.24) is 15.0 Å². The highest BCUT2D eigenvalue weighted by Crippen LogP contribution is 2.23. The fraction of sp³-hybridized carbons (Fsp3) is 0.273. The standard InChI is InChI=1S/C22H23N3O2/c1-24-14-18-11-7-6-10-17(18)12-19(24)15-25(2)22(26)21-13-20(23-27-21)16-8-4-3-5-9-16/h3-11,13,19H,12,14-15H2,1-2H3. The topological polar surface area (TPSA) is 49.6 Å². The van der Waals surface area contributed by atoms with Crippen LogP contribution in [0.15, 0.2) is 65.2 Å². The molecule has 0 saturated carbocycles. The first-order valence-electron chi connectivity index (χ1n) is 9.16. The Hall–Kier alpha value is -2.92. The zero-order valence-electron chi connectivity index (χ0n) is 15.6. The summed E-state index contributed by atoms with van der Waals surface area (Å²) in [5.74, 6) is 0.132. The second kappa shape index (κ2) is 7.37. The molecule has 4 rings (SSSR count). The number of benzene rings is 2. The van der Waals surface area contributed by atoms with E-state index in [0.29, 0.717) is 12.2 Å². The van der Waals surface area contributed by atoms with Crippen LogP contribution in [0.5, 0.6) is 0 Å². The van der Waals surface area contributed by atoms with E-state index in [4.69, 9.17) is 4.52 Å². The number of hydrogen-bond acceptors (Lipinski definition) is 4. The van der Waals surface area contributed by atoms with Crippen LogP contribution in [0.25, 0.3) is 11.3 Å². The van der Waals surface area contributed by atoms with Crippen LogP contribution < -0.4 is 0 Å². The van der Waals surface area contributed by atoms with Gasteiger partial charge in [-0.25, -0.2) is 0 Å². The molecule has 1 atom stereocenters. The summed E-state index contributed by atoms with van der Waals surface area (Å²) < 4.78 is 5.32. The van der Waals surface area contributed by atoms with E-state index in [1.807, 2.05) is 37.4 Å². The van der Waals surface area contributed by atoms with E-state index in [-0.39, 0.29) is 17.7 Å². The summed E-state index contributed by atoms with van der Waals surface area (Å²) in [6.45, 7) is 1.55. The van der Waals surface area contributed by atoms with Crippen molar-refractivity contribution in [3.8, 4) is 11.3 Å². The monoisotopic (exact) mass is 361 g/mol. The van der Waals surface area contributed by atoms with Gasteiger partial charge in [-0.2, -0.15) is 0 Å². The molecule has 1 aliphatic rings. The van der Waals surface area contributed by atoms with Gasteiger partial charge in [0.05, 0.1) is 0 Å². The number of nitrogens with zero attached hydrogens (tertiary/aromatic N) is 3. The first kappa shape index (κ1) is 17.5.